The zero-order valence-corrected chi connectivity index (χ0v) is 9.05. The summed E-state index contributed by atoms with van der Waals surface area (Å²) in [7, 11) is 0. The molecule has 3 heteroatoms. The molecule has 3 nitrogen and oxygen atoms in total. The van der Waals surface area contributed by atoms with Gasteiger partial charge in [0.25, 0.3) is 0 Å². The first kappa shape index (κ1) is 11.2. The Bertz CT molecular complexity index is 205. The standard InChI is InChI=1S/C11H20N2O/c1-9(2)5-3-8-13-11(14)10-6-4-7-12-10/h3,5,9-10,12H,4,6-8H2,1-2H3,(H,13,14)/b5-3+/t10-/m1/s1. The molecule has 0 saturated carbocycles. The summed E-state index contributed by atoms with van der Waals surface area (Å²) in [5.41, 5.74) is 0. The second-order valence-corrected chi connectivity index (χ2v) is 4.07. The van der Waals surface area contributed by atoms with Crippen molar-refractivity contribution < 1.29 is 4.79 Å². The molecule has 1 fully saturated rings. The van der Waals surface area contributed by atoms with Crippen LogP contribution in [0, 0.1) is 5.92 Å². The number of hydrogen-bond acceptors (Lipinski definition) is 2. The lowest BCUT2D eigenvalue weighted by molar-refractivity contribution is -0.122. The van der Waals surface area contributed by atoms with Gasteiger partial charge in [-0.1, -0.05) is 26.0 Å². The van der Waals surface area contributed by atoms with Gasteiger partial charge in [-0.2, -0.15) is 0 Å². The fourth-order valence-electron chi connectivity index (χ4n) is 1.53. The van der Waals surface area contributed by atoms with E-state index in [0.29, 0.717) is 12.5 Å². The highest BCUT2D eigenvalue weighted by Gasteiger charge is 2.20. The van der Waals surface area contributed by atoms with Gasteiger partial charge in [-0.3, -0.25) is 4.79 Å². The second kappa shape index (κ2) is 5.81. The Kier molecular flexibility index (Phi) is 4.66. The van der Waals surface area contributed by atoms with Crippen LogP contribution in [-0.4, -0.2) is 25.0 Å². The summed E-state index contributed by atoms with van der Waals surface area (Å²) < 4.78 is 0. The molecule has 1 aliphatic heterocycles. The maximum absolute atomic E-state index is 11.5. The molecule has 0 aliphatic carbocycles. The maximum atomic E-state index is 11.5. The van der Waals surface area contributed by atoms with Gasteiger partial charge in [0.05, 0.1) is 6.04 Å². The Balaban J connectivity index is 2.14. The highest BCUT2D eigenvalue weighted by Crippen LogP contribution is 2.04. The van der Waals surface area contributed by atoms with Gasteiger partial charge in [-0.05, 0) is 25.3 Å². The van der Waals surface area contributed by atoms with Gasteiger partial charge < -0.3 is 10.6 Å². The Morgan fingerprint density at radius 3 is 3.00 bits per heavy atom. The van der Waals surface area contributed by atoms with E-state index in [-0.39, 0.29) is 11.9 Å². The molecule has 1 amide bonds. The van der Waals surface area contributed by atoms with Crippen LogP contribution in [0.25, 0.3) is 0 Å². The summed E-state index contributed by atoms with van der Waals surface area (Å²) in [4.78, 5) is 11.5. The van der Waals surface area contributed by atoms with Crippen molar-refractivity contribution >= 4 is 5.91 Å². The lowest BCUT2D eigenvalue weighted by atomic mass is 10.2. The second-order valence-electron chi connectivity index (χ2n) is 4.07. The molecule has 1 heterocycles. The number of hydrogen-bond donors (Lipinski definition) is 2. The number of nitrogens with one attached hydrogen (secondary N) is 2. The molecule has 0 unspecified atom stereocenters. The zero-order chi connectivity index (χ0) is 10.4. The predicted molar refractivity (Wildman–Crippen MR) is 58.0 cm³/mol. The van der Waals surface area contributed by atoms with Gasteiger partial charge >= 0.3 is 0 Å². The highest BCUT2D eigenvalue weighted by atomic mass is 16.2. The molecule has 0 aromatic heterocycles. The van der Waals surface area contributed by atoms with Gasteiger partial charge in [0, 0.05) is 6.54 Å². The third-order valence-electron chi connectivity index (χ3n) is 2.29. The van der Waals surface area contributed by atoms with E-state index in [0.717, 1.165) is 19.4 Å². The van der Waals surface area contributed by atoms with E-state index in [4.69, 9.17) is 0 Å². The molecule has 0 bridgehead atoms. The molecule has 1 atom stereocenters. The lowest BCUT2D eigenvalue weighted by Crippen LogP contribution is -2.40. The van der Waals surface area contributed by atoms with Crippen LogP contribution < -0.4 is 10.6 Å². The van der Waals surface area contributed by atoms with Crippen LogP contribution in [0.5, 0.6) is 0 Å². The predicted octanol–water partition coefficient (Wildman–Crippen LogP) is 1.07. The van der Waals surface area contributed by atoms with E-state index in [1.54, 1.807) is 0 Å². The zero-order valence-electron chi connectivity index (χ0n) is 9.05. The van der Waals surface area contributed by atoms with Crippen molar-refractivity contribution in [1.82, 2.24) is 10.6 Å². The first-order valence-corrected chi connectivity index (χ1v) is 5.38. The smallest absolute Gasteiger partial charge is 0.237 e. The summed E-state index contributed by atoms with van der Waals surface area (Å²) >= 11 is 0. The molecule has 0 spiro atoms. The van der Waals surface area contributed by atoms with Gasteiger partial charge in [-0.15, -0.1) is 0 Å². The molecule has 1 aliphatic rings. The Labute approximate surface area is 86.0 Å². The van der Waals surface area contributed by atoms with E-state index in [2.05, 4.69) is 30.6 Å². The van der Waals surface area contributed by atoms with E-state index in [9.17, 15) is 4.79 Å². The summed E-state index contributed by atoms with van der Waals surface area (Å²) in [6.45, 7) is 5.86. The van der Waals surface area contributed by atoms with Crippen molar-refractivity contribution in [3.8, 4) is 0 Å². The van der Waals surface area contributed by atoms with Crippen molar-refractivity contribution in [1.29, 1.82) is 0 Å². The maximum Gasteiger partial charge on any atom is 0.237 e. The highest BCUT2D eigenvalue weighted by molar-refractivity contribution is 5.82. The number of allylic oxidation sites excluding steroid dienone is 1. The van der Waals surface area contributed by atoms with Crippen LogP contribution in [0.4, 0.5) is 0 Å². The number of carbonyl (C=O) groups is 1. The first-order chi connectivity index (χ1) is 6.70. The normalized spacial score (nSPS) is 22.1. The average Bonchev–Trinajstić information content (AvgIpc) is 2.64. The molecule has 1 saturated heterocycles. The molecule has 14 heavy (non-hydrogen) atoms. The SMILES string of the molecule is CC(C)/C=C/CNC(=O)[C@H]1CCCN1. The molecule has 2 N–H and O–H groups in total. The quantitative estimate of drug-likeness (QED) is 0.660. The molecule has 1 rings (SSSR count). The lowest BCUT2D eigenvalue weighted by Gasteiger charge is -2.09. The van der Waals surface area contributed by atoms with Crippen molar-refractivity contribution in [2.75, 3.05) is 13.1 Å². The van der Waals surface area contributed by atoms with Crippen LogP contribution in [0.2, 0.25) is 0 Å². The summed E-state index contributed by atoms with van der Waals surface area (Å²) in [5.74, 6) is 0.687. The van der Waals surface area contributed by atoms with Gasteiger partial charge in [0.2, 0.25) is 5.91 Å². The van der Waals surface area contributed by atoms with E-state index in [1.165, 1.54) is 0 Å². The van der Waals surface area contributed by atoms with Gasteiger partial charge in [-0.25, -0.2) is 0 Å². The first-order valence-electron chi connectivity index (χ1n) is 5.38. The molecule has 0 aromatic rings. The summed E-state index contributed by atoms with van der Waals surface area (Å²) in [5, 5.41) is 6.06. The fourth-order valence-corrected chi connectivity index (χ4v) is 1.53. The molecular formula is C11H20N2O. The van der Waals surface area contributed by atoms with Gasteiger partial charge in [0.15, 0.2) is 0 Å². The van der Waals surface area contributed by atoms with E-state index in [1.807, 2.05) is 6.08 Å². The van der Waals surface area contributed by atoms with Crippen LogP contribution in [0.15, 0.2) is 12.2 Å². The minimum absolute atomic E-state index is 0.0439. The van der Waals surface area contributed by atoms with Crippen molar-refractivity contribution in [3.63, 3.8) is 0 Å². The molecule has 0 radical (unpaired) electrons. The molecule has 80 valence electrons. The topological polar surface area (TPSA) is 41.1 Å². The monoisotopic (exact) mass is 196 g/mol. The Morgan fingerprint density at radius 2 is 2.43 bits per heavy atom. The minimum atomic E-state index is 0.0439. The fraction of sp³-hybridized carbons (Fsp3) is 0.727. The average molecular weight is 196 g/mol. The molecule has 0 aromatic carbocycles. The summed E-state index contributed by atoms with van der Waals surface area (Å²) in [6.07, 6.45) is 6.19. The Hall–Kier alpha value is -0.830. The van der Waals surface area contributed by atoms with E-state index < -0.39 is 0 Å². The van der Waals surface area contributed by atoms with E-state index >= 15 is 0 Å². The summed E-state index contributed by atoms with van der Waals surface area (Å²) in [6, 6.07) is 0.0439. The largest absolute Gasteiger partial charge is 0.351 e. The van der Waals surface area contributed by atoms with Gasteiger partial charge in [0.1, 0.15) is 0 Å². The third kappa shape index (κ3) is 3.92. The van der Waals surface area contributed by atoms with Crippen molar-refractivity contribution in [3.05, 3.63) is 12.2 Å². The van der Waals surface area contributed by atoms with Crippen LogP contribution >= 0.6 is 0 Å². The molecular weight excluding hydrogens is 176 g/mol. The van der Waals surface area contributed by atoms with Crippen LogP contribution in [0.3, 0.4) is 0 Å². The minimum Gasteiger partial charge on any atom is -0.351 e. The van der Waals surface area contributed by atoms with Crippen LogP contribution in [0.1, 0.15) is 26.7 Å². The van der Waals surface area contributed by atoms with Crippen molar-refractivity contribution in [2.45, 2.75) is 32.7 Å². The third-order valence-corrected chi connectivity index (χ3v) is 2.29. The number of rotatable bonds is 4. The van der Waals surface area contributed by atoms with Crippen LogP contribution in [-0.2, 0) is 4.79 Å². The Morgan fingerprint density at radius 1 is 1.64 bits per heavy atom. The number of carbonyl (C=O) groups excluding carboxylic acids is 1. The van der Waals surface area contributed by atoms with Crippen molar-refractivity contribution in [2.24, 2.45) is 5.92 Å². The number of amides is 1.